The van der Waals surface area contributed by atoms with Crippen molar-refractivity contribution in [1.82, 2.24) is 0 Å². The van der Waals surface area contributed by atoms with E-state index in [0.717, 1.165) is 5.57 Å². The molecular formula is C11H11ClF2O3S. The van der Waals surface area contributed by atoms with E-state index in [1.54, 1.807) is 6.92 Å². The molecule has 100 valence electrons. The summed E-state index contributed by atoms with van der Waals surface area (Å²) < 4.78 is 53.7. The number of ether oxygens (including phenoxy) is 1. The molecule has 0 fully saturated rings. The summed E-state index contributed by atoms with van der Waals surface area (Å²) >= 11 is 0. The normalized spacial score (nSPS) is 11.3. The Morgan fingerprint density at radius 1 is 1.39 bits per heavy atom. The molecule has 3 nitrogen and oxygen atoms in total. The van der Waals surface area contributed by atoms with Crippen LogP contribution < -0.4 is 4.74 Å². The van der Waals surface area contributed by atoms with Crippen LogP contribution in [0.3, 0.4) is 0 Å². The molecule has 1 aromatic rings. The van der Waals surface area contributed by atoms with E-state index in [0.29, 0.717) is 18.6 Å². The van der Waals surface area contributed by atoms with E-state index >= 15 is 0 Å². The quantitative estimate of drug-likeness (QED) is 0.619. The molecule has 1 rings (SSSR count). The number of halogens is 3. The smallest absolute Gasteiger partial charge is 0.261 e. The van der Waals surface area contributed by atoms with E-state index in [9.17, 15) is 17.2 Å². The van der Waals surface area contributed by atoms with Crippen LogP contribution in [0.25, 0.3) is 0 Å². The van der Waals surface area contributed by atoms with Gasteiger partial charge in [-0.1, -0.05) is 5.57 Å². The Morgan fingerprint density at radius 3 is 2.28 bits per heavy atom. The van der Waals surface area contributed by atoms with Crippen molar-refractivity contribution in [3.8, 4) is 5.75 Å². The lowest BCUT2D eigenvalue weighted by molar-refractivity contribution is 0.287. The van der Waals surface area contributed by atoms with Gasteiger partial charge in [0.1, 0.15) is 0 Å². The maximum Gasteiger partial charge on any atom is 0.261 e. The molecule has 0 N–H and O–H groups in total. The summed E-state index contributed by atoms with van der Waals surface area (Å²) in [5, 5.41) is 0. The van der Waals surface area contributed by atoms with Crippen molar-refractivity contribution in [2.45, 2.75) is 18.2 Å². The second kappa shape index (κ2) is 5.67. The second-order valence-electron chi connectivity index (χ2n) is 3.71. The van der Waals surface area contributed by atoms with Gasteiger partial charge in [-0.15, -0.1) is 6.58 Å². The summed E-state index contributed by atoms with van der Waals surface area (Å²) in [6, 6.07) is 1.23. The van der Waals surface area contributed by atoms with Crippen molar-refractivity contribution < 1.29 is 21.9 Å². The Bertz CT molecular complexity index is 547. The van der Waals surface area contributed by atoms with Gasteiger partial charge < -0.3 is 4.74 Å². The summed E-state index contributed by atoms with van der Waals surface area (Å²) in [6.45, 7) is 5.41. The highest BCUT2D eigenvalue weighted by Crippen LogP contribution is 2.27. The molecule has 0 aliphatic heterocycles. The molecule has 0 unspecified atom stereocenters. The molecule has 0 amide bonds. The summed E-state index contributed by atoms with van der Waals surface area (Å²) in [5.41, 5.74) is 0.802. The first-order chi connectivity index (χ1) is 8.21. The van der Waals surface area contributed by atoms with Gasteiger partial charge in [0.2, 0.25) is 0 Å². The van der Waals surface area contributed by atoms with Gasteiger partial charge in [-0.2, -0.15) is 0 Å². The Hall–Kier alpha value is -1.14. The SMILES string of the molecule is C=C(C)CCOc1c(F)cc(S(=O)(=O)Cl)cc1F. The molecule has 0 radical (unpaired) electrons. The third kappa shape index (κ3) is 3.96. The molecule has 0 heterocycles. The molecule has 0 bridgehead atoms. The molecule has 0 spiro atoms. The second-order valence-corrected chi connectivity index (χ2v) is 6.28. The van der Waals surface area contributed by atoms with Crippen molar-refractivity contribution >= 4 is 19.7 Å². The Kier molecular flexibility index (Phi) is 4.70. The van der Waals surface area contributed by atoms with Crippen LogP contribution in [0.15, 0.2) is 29.2 Å². The van der Waals surface area contributed by atoms with E-state index in [-0.39, 0.29) is 6.61 Å². The maximum atomic E-state index is 13.5. The van der Waals surface area contributed by atoms with Gasteiger partial charge >= 0.3 is 0 Å². The minimum absolute atomic E-state index is 0.0517. The van der Waals surface area contributed by atoms with Gasteiger partial charge in [-0.05, 0) is 19.1 Å². The highest BCUT2D eigenvalue weighted by molar-refractivity contribution is 8.13. The highest BCUT2D eigenvalue weighted by Gasteiger charge is 2.18. The van der Waals surface area contributed by atoms with Crippen molar-refractivity contribution in [3.05, 3.63) is 35.9 Å². The Labute approximate surface area is 108 Å². The van der Waals surface area contributed by atoms with Crippen LogP contribution in [0, 0.1) is 11.6 Å². The van der Waals surface area contributed by atoms with E-state index in [1.165, 1.54) is 0 Å². The van der Waals surface area contributed by atoms with Gasteiger partial charge in [0.15, 0.2) is 17.4 Å². The summed E-state index contributed by atoms with van der Waals surface area (Å²) in [4.78, 5) is -0.647. The van der Waals surface area contributed by atoms with Crippen LogP contribution in [0.2, 0.25) is 0 Å². The van der Waals surface area contributed by atoms with Crippen LogP contribution in [0.4, 0.5) is 8.78 Å². The van der Waals surface area contributed by atoms with Gasteiger partial charge in [-0.3, -0.25) is 0 Å². The zero-order chi connectivity index (χ0) is 13.9. The zero-order valence-electron chi connectivity index (χ0n) is 9.54. The maximum absolute atomic E-state index is 13.5. The van der Waals surface area contributed by atoms with Gasteiger partial charge in [-0.25, -0.2) is 17.2 Å². The largest absolute Gasteiger partial charge is 0.487 e. The molecule has 0 aromatic heterocycles. The molecule has 0 saturated heterocycles. The lowest BCUT2D eigenvalue weighted by Crippen LogP contribution is -2.03. The van der Waals surface area contributed by atoms with E-state index < -0.39 is 31.3 Å². The van der Waals surface area contributed by atoms with E-state index in [2.05, 4.69) is 6.58 Å². The molecule has 0 aliphatic rings. The molecule has 7 heteroatoms. The highest BCUT2D eigenvalue weighted by atomic mass is 35.7. The zero-order valence-corrected chi connectivity index (χ0v) is 11.1. The number of hydrogen-bond donors (Lipinski definition) is 0. The average molecular weight is 297 g/mol. The van der Waals surface area contributed by atoms with Gasteiger partial charge in [0.25, 0.3) is 9.05 Å². The first-order valence-electron chi connectivity index (χ1n) is 4.92. The predicted octanol–water partition coefficient (Wildman–Crippen LogP) is 3.24. The third-order valence-electron chi connectivity index (χ3n) is 2.03. The van der Waals surface area contributed by atoms with Crippen LogP contribution in [-0.2, 0) is 9.05 Å². The Balaban J connectivity index is 2.99. The topological polar surface area (TPSA) is 43.4 Å². The van der Waals surface area contributed by atoms with Crippen molar-refractivity contribution in [3.63, 3.8) is 0 Å². The lowest BCUT2D eigenvalue weighted by atomic mass is 10.2. The first kappa shape index (κ1) is 14.9. The third-order valence-corrected chi connectivity index (χ3v) is 3.36. The lowest BCUT2D eigenvalue weighted by Gasteiger charge is -2.09. The van der Waals surface area contributed by atoms with Gasteiger partial charge in [0, 0.05) is 17.1 Å². The summed E-state index contributed by atoms with van der Waals surface area (Å²) in [5.74, 6) is -2.85. The molecule has 0 aliphatic carbocycles. The van der Waals surface area contributed by atoms with E-state index in [1.807, 2.05) is 0 Å². The molecule has 18 heavy (non-hydrogen) atoms. The minimum Gasteiger partial charge on any atom is -0.487 e. The monoisotopic (exact) mass is 296 g/mol. The van der Waals surface area contributed by atoms with Crippen molar-refractivity contribution in [1.29, 1.82) is 0 Å². The van der Waals surface area contributed by atoms with Crippen LogP contribution in [0.1, 0.15) is 13.3 Å². The predicted molar refractivity (Wildman–Crippen MR) is 64.3 cm³/mol. The van der Waals surface area contributed by atoms with Gasteiger partial charge in [0.05, 0.1) is 11.5 Å². The minimum atomic E-state index is -4.18. The first-order valence-corrected chi connectivity index (χ1v) is 7.23. The average Bonchev–Trinajstić information content (AvgIpc) is 2.20. The molecular weight excluding hydrogens is 286 g/mol. The fraction of sp³-hybridized carbons (Fsp3) is 0.273. The van der Waals surface area contributed by atoms with E-state index in [4.69, 9.17) is 15.4 Å². The summed E-state index contributed by atoms with van der Waals surface area (Å²) in [7, 11) is 0.811. The van der Waals surface area contributed by atoms with Crippen LogP contribution in [-0.4, -0.2) is 15.0 Å². The fourth-order valence-corrected chi connectivity index (χ4v) is 1.90. The number of rotatable bonds is 5. The van der Waals surface area contributed by atoms with Crippen LogP contribution >= 0.6 is 10.7 Å². The molecule has 0 atom stereocenters. The fourth-order valence-electron chi connectivity index (χ4n) is 1.14. The number of hydrogen-bond acceptors (Lipinski definition) is 3. The molecule has 1 aromatic carbocycles. The summed E-state index contributed by atoms with van der Waals surface area (Å²) in [6.07, 6.45) is 0.439. The Morgan fingerprint density at radius 2 is 1.89 bits per heavy atom. The van der Waals surface area contributed by atoms with Crippen molar-refractivity contribution in [2.75, 3.05) is 6.61 Å². The van der Waals surface area contributed by atoms with Crippen molar-refractivity contribution in [2.24, 2.45) is 0 Å². The standard InChI is InChI=1S/C11H11ClF2O3S/c1-7(2)3-4-17-11-9(13)5-8(6-10(11)14)18(12,15)16/h5-6H,1,3-4H2,2H3. The van der Waals surface area contributed by atoms with Crippen LogP contribution in [0.5, 0.6) is 5.75 Å². The number of benzene rings is 1. The molecule has 0 saturated carbocycles.